The number of nitrogens with two attached hydrogens (primary N) is 1. The predicted octanol–water partition coefficient (Wildman–Crippen LogP) is 1.22. The standard InChI is InChI=1S/C8H8N2O2/c9-11-5-8-10-6-3-1-2-4-7(6)12-8/h1-4H,5,9H2. The monoisotopic (exact) mass is 164 g/mol. The lowest BCUT2D eigenvalue weighted by atomic mass is 10.3. The summed E-state index contributed by atoms with van der Waals surface area (Å²) in [5.74, 6) is 5.38. The van der Waals surface area contributed by atoms with E-state index < -0.39 is 0 Å². The summed E-state index contributed by atoms with van der Waals surface area (Å²) in [7, 11) is 0. The number of nitrogens with zero attached hydrogens (tertiary/aromatic N) is 1. The molecule has 4 nitrogen and oxygen atoms in total. The summed E-state index contributed by atoms with van der Waals surface area (Å²) in [6, 6.07) is 7.51. The molecule has 4 heteroatoms. The summed E-state index contributed by atoms with van der Waals surface area (Å²) in [6.45, 7) is 0.203. The molecule has 1 aromatic carbocycles. The quantitative estimate of drug-likeness (QED) is 0.678. The van der Waals surface area contributed by atoms with Crippen LogP contribution in [0.2, 0.25) is 0 Å². The Kier molecular flexibility index (Phi) is 1.77. The molecular weight excluding hydrogens is 156 g/mol. The average molecular weight is 164 g/mol. The molecule has 0 spiro atoms. The van der Waals surface area contributed by atoms with Gasteiger partial charge in [-0.3, -0.25) is 4.84 Å². The summed E-state index contributed by atoms with van der Waals surface area (Å²) in [5.41, 5.74) is 1.58. The molecule has 0 amide bonds. The fourth-order valence-electron chi connectivity index (χ4n) is 1.05. The first-order valence-corrected chi connectivity index (χ1v) is 3.56. The van der Waals surface area contributed by atoms with Crippen molar-refractivity contribution in [3.63, 3.8) is 0 Å². The van der Waals surface area contributed by atoms with Gasteiger partial charge in [-0.1, -0.05) is 12.1 Å². The number of fused-ring (bicyclic) bond motifs is 1. The molecule has 0 bridgehead atoms. The van der Waals surface area contributed by atoms with Crippen LogP contribution in [0.5, 0.6) is 0 Å². The smallest absolute Gasteiger partial charge is 0.223 e. The molecule has 0 saturated heterocycles. The number of hydrogen-bond donors (Lipinski definition) is 1. The van der Waals surface area contributed by atoms with E-state index in [2.05, 4.69) is 9.82 Å². The van der Waals surface area contributed by atoms with E-state index in [0.29, 0.717) is 5.89 Å². The van der Waals surface area contributed by atoms with Gasteiger partial charge in [0.2, 0.25) is 5.89 Å². The van der Waals surface area contributed by atoms with Crippen LogP contribution in [0.25, 0.3) is 11.1 Å². The highest BCUT2D eigenvalue weighted by atomic mass is 16.6. The van der Waals surface area contributed by atoms with Crippen molar-refractivity contribution in [1.82, 2.24) is 4.98 Å². The van der Waals surface area contributed by atoms with Gasteiger partial charge in [0.25, 0.3) is 0 Å². The first-order valence-electron chi connectivity index (χ1n) is 3.56. The Morgan fingerprint density at radius 1 is 1.42 bits per heavy atom. The third kappa shape index (κ3) is 1.17. The SMILES string of the molecule is NOCc1nc2ccccc2o1. The minimum atomic E-state index is 0.203. The van der Waals surface area contributed by atoms with Crippen molar-refractivity contribution in [3.05, 3.63) is 30.2 Å². The molecule has 0 unspecified atom stereocenters. The van der Waals surface area contributed by atoms with Crippen LogP contribution in [0.15, 0.2) is 28.7 Å². The second-order valence-corrected chi connectivity index (χ2v) is 2.39. The van der Waals surface area contributed by atoms with Gasteiger partial charge in [-0.05, 0) is 12.1 Å². The van der Waals surface area contributed by atoms with Crippen LogP contribution in [0.1, 0.15) is 5.89 Å². The van der Waals surface area contributed by atoms with Gasteiger partial charge in [0.05, 0.1) is 0 Å². The summed E-state index contributed by atoms with van der Waals surface area (Å²) in [4.78, 5) is 8.53. The zero-order valence-electron chi connectivity index (χ0n) is 6.36. The van der Waals surface area contributed by atoms with E-state index in [1.54, 1.807) is 0 Å². The molecule has 62 valence electrons. The van der Waals surface area contributed by atoms with Crippen LogP contribution in [-0.4, -0.2) is 4.98 Å². The predicted molar refractivity (Wildman–Crippen MR) is 43.0 cm³/mol. The van der Waals surface area contributed by atoms with Crippen LogP contribution in [-0.2, 0) is 11.4 Å². The molecule has 2 N–H and O–H groups in total. The number of aromatic nitrogens is 1. The highest BCUT2D eigenvalue weighted by Gasteiger charge is 2.02. The van der Waals surface area contributed by atoms with Gasteiger partial charge in [-0.2, -0.15) is 0 Å². The molecule has 0 radical (unpaired) electrons. The van der Waals surface area contributed by atoms with Crippen molar-refractivity contribution in [2.24, 2.45) is 5.90 Å². The number of oxazole rings is 1. The Morgan fingerprint density at radius 2 is 2.25 bits per heavy atom. The van der Waals surface area contributed by atoms with Gasteiger partial charge in [0, 0.05) is 0 Å². The maximum atomic E-state index is 5.29. The molecule has 12 heavy (non-hydrogen) atoms. The molecule has 2 aromatic rings. The maximum Gasteiger partial charge on any atom is 0.223 e. The zero-order valence-corrected chi connectivity index (χ0v) is 6.36. The van der Waals surface area contributed by atoms with Gasteiger partial charge in [0.1, 0.15) is 12.1 Å². The number of hydrogen-bond acceptors (Lipinski definition) is 4. The fraction of sp³-hybridized carbons (Fsp3) is 0.125. The van der Waals surface area contributed by atoms with Crippen molar-refractivity contribution in [1.29, 1.82) is 0 Å². The van der Waals surface area contributed by atoms with E-state index in [-0.39, 0.29) is 6.61 Å². The third-order valence-electron chi connectivity index (χ3n) is 1.54. The lowest BCUT2D eigenvalue weighted by molar-refractivity contribution is 0.106. The maximum absolute atomic E-state index is 5.29. The summed E-state index contributed by atoms with van der Waals surface area (Å²) in [5, 5.41) is 0. The van der Waals surface area contributed by atoms with E-state index in [4.69, 9.17) is 10.3 Å². The summed E-state index contributed by atoms with van der Waals surface area (Å²) in [6.07, 6.45) is 0. The normalized spacial score (nSPS) is 10.8. The van der Waals surface area contributed by atoms with E-state index in [9.17, 15) is 0 Å². The summed E-state index contributed by atoms with van der Waals surface area (Å²) < 4.78 is 5.29. The molecule has 0 atom stereocenters. The molecule has 1 heterocycles. The van der Waals surface area contributed by atoms with Crippen LogP contribution in [0.3, 0.4) is 0 Å². The van der Waals surface area contributed by atoms with E-state index in [0.717, 1.165) is 11.1 Å². The molecule has 1 aromatic heterocycles. The Balaban J connectivity index is 2.47. The zero-order chi connectivity index (χ0) is 8.39. The minimum Gasteiger partial charge on any atom is -0.438 e. The third-order valence-corrected chi connectivity index (χ3v) is 1.54. The molecule has 0 aliphatic rings. The van der Waals surface area contributed by atoms with Gasteiger partial charge >= 0.3 is 0 Å². The van der Waals surface area contributed by atoms with Crippen LogP contribution >= 0.6 is 0 Å². The topological polar surface area (TPSA) is 61.3 Å². The first kappa shape index (κ1) is 7.27. The van der Waals surface area contributed by atoms with Crippen LogP contribution in [0.4, 0.5) is 0 Å². The lowest BCUT2D eigenvalue weighted by Crippen LogP contribution is -1.98. The van der Waals surface area contributed by atoms with Gasteiger partial charge < -0.3 is 4.42 Å². The Morgan fingerprint density at radius 3 is 3.00 bits per heavy atom. The Hall–Kier alpha value is -1.39. The molecule has 0 fully saturated rings. The van der Waals surface area contributed by atoms with Gasteiger partial charge in [-0.25, -0.2) is 10.9 Å². The fourth-order valence-corrected chi connectivity index (χ4v) is 1.05. The Labute approximate surface area is 68.9 Å². The Bertz CT molecular complexity index is 350. The number of para-hydroxylation sites is 2. The van der Waals surface area contributed by atoms with Crippen LogP contribution in [0, 0.1) is 0 Å². The average Bonchev–Trinajstić information content (AvgIpc) is 2.47. The van der Waals surface area contributed by atoms with E-state index in [1.807, 2.05) is 24.3 Å². The second kappa shape index (κ2) is 2.92. The van der Waals surface area contributed by atoms with Gasteiger partial charge in [-0.15, -0.1) is 0 Å². The van der Waals surface area contributed by atoms with Crippen molar-refractivity contribution < 1.29 is 9.25 Å². The second-order valence-electron chi connectivity index (χ2n) is 2.39. The molecule has 0 saturated carbocycles. The van der Waals surface area contributed by atoms with Crippen molar-refractivity contribution in [2.45, 2.75) is 6.61 Å². The van der Waals surface area contributed by atoms with Crippen molar-refractivity contribution in [2.75, 3.05) is 0 Å². The number of rotatable bonds is 2. The lowest BCUT2D eigenvalue weighted by Gasteiger charge is -1.87. The van der Waals surface area contributed by atoms with Gasteiger partial charge in [0.15, 0.2) is 5.58 Å². The van der Waals surface area contributed by atoms with Crippen molar-refractivity contribution >= 4 is 11.1 Å². The first-order chi connectivity index (χ1) is 5.90. The molecular formula is C8H8N2O2. The van der Waals surface area contributed by atoms with E-state index >= 15 is 0 Å². The highest BCUT2D eigenvalue weighted by Crippen LogP contribution is 2.14. The molecule has 0 aliphatic heterocycles. The molecule has 0 aliphatic carbocycles. The molecule has 2 rings (SSSR count). The van der Waals surface area contributed by atoms with Crippen molar-refractivity contribution in [3.8, 4) is 0 Å². The largest absolute Gasteiger partial charge is 0.438 e. The number of benzene rings is 1. The minimum absolute atomic E-state index is 0.203. The van der Waals surface area contributed by atoms with E-state index in [1.165, 1.54) is 0 Å². The summed E-state index contributed by atoms with van der Waals surface area (Å²) >= 11 is 0. The van der Waals surface area contributed by atoms with Crippen LogP contribution < -0.4 is 5.90 Å². The highest BCUT2D eigenvalue weighted by molar-refractivity contribution is 5.71.